The van der Waals surface area contributed by atoms with E-state index < -0.39 is 0 Å². The lowest BCUT2D eigenvalue weighted by atomic mass is 10.1. The number of benzene rings is 2. The molecule has 1 unspecified atom stereocenters. The molecule has 1 aliphatic rings. The molecule has 0 spiro atoms. The van der Waals surface area contributed by atoms with Crippen LogP contribution in [-0.2, 0) is 11.2 Å². The lowest BCUT2D eigenvalue weighted by Crippen LogP contribution is -2.30. The lowest BCUT2D eigenvalue weighted by molar-refractivity contribution is -0.128. The molecule has 1 atom stereocenters. The van der Waals surface area contributed by atoms with Crippen LogP contribution in [0.5, 0.6) is 5.75 Å². The maximum absolute atomic E-state index is 13.4. The van der Waals surface area contributed by atoms with Crippen molar-refractivity contribution in [2.45, 2.75) is 11.8 Å². The highest BCUT2D eigenvalue weighted by Gasteiger charge is 2.35. The van der Waals surface area contributed by atoms with Gasteiger partial charge < -0.3 is 15.0 Å². The Balaban J connectivity index is 1.49. The van der Waals surface area contributed by atoms with Crippen molar-refractivity contribution in [3.8, 4) is 22.8 Å². The number of hydrogen-bond acceptors (Lipinski definition) is 4. The number of aromatic nitrogens is 3. The zero-order valence-electron chi connectivity index (χ0n) is 17.4. The molecule has 5 rings (SSSR count). The van der Waals surface area contributed by atoms with Crippen molar-refractivity contribution in [3.05, 3.63) is 89.0 Å². The fourth-order valence-corrected chi connectivity index (χ4v) is 5.26. The molecule has 4 aromatic rings. The first-order chi connectivity index (χ1) is 16.0. The normalized spacial score (nSPS) is 16.0. The third-order valence-electron chi connectivity index (χ3n) is 5.55. The molecule has 168 valence electrons. The number of aromatic hydroxyl groups is 1. The van der Waals surface area contributed by atoms with Gasteiger partial charge in [0.1, 0.15) is 27.8 Å². The zero-order valence-corrected chi connectivity index (χ0v) is 19.0. The Morgan fingerprint density at radius 2 is 1.88 bits per heavy atom. The number of nitrogens with one attached hydrogen (secondary N) is 1. The number of rotatable bonds is 6. The minimum atomic E-state index is -0.320. The van der Waals surface area contributed by atoms with Gasteiger partial charge in [-0.25, -0.2) is 9.07 Å². The number of amides is 1. The first-order valence-corrected chi connectivity index (χ1v) is 11.8. The number of phenolic OH excluding ortho intramolecular Hbond substituents is 1. The van der Waals surface area contributed by atoms with Gasteiger partial charge in [0, 0.05) is 18.3 Å². The molecule has 0 saturated carbocycles. The molecule has 0 radical (unpaired) electrons. The number of carbonyl (C=O) groups is 1. The summed E-state index contributed by atoms with van der Waals surface area (Å²) in [5, 5.41) is 14.5. The summed E-state index contributed by atoms with van der Waals surface area (Å²) in [7, 11) is 0. The third-order valence-corrected chi connectivity index (χ3v) is 7.01. The molecule has 9 heteroatoms. The monoisotopic (exact) mass is 482 g/mol. The van der Waals surface area contributed by atoms with Crippen molar-refractivity contribution >= 4 is 29.3 Å². The van der Waals surface area contributed by atoms with E-state index in [1.165, 1.54) is 12.1 Å². The van der Waals surface area contributed by atoms with E-state index in [1.54, 1.807) is 46.8 Å². The summed E-state index contributed by atoms with van der Waals surface area (Å²) in [6.07, 6.45) is 2.56. The number of aromatic amines is 1. The number of phenols is 1. The summed E-state index contributed by atoms with van der Waals surface area (Å²) >= 11 is 7.68. The van der Waals surface area contributed by atoms with Crippen molar-refractivity contribution in [1.29, 1.82) is 0 Å². The number of thioether (sulfide) groups is 1. The van der Waals surface area contributed by atoms with E-state index in [1.807, 2.05) is 29.3 Å². The van der Waals surface area contributed by atoms with Gasteiger partial charge in [0.2, 0.25) is 5.91 Å². The molecule has 2 aromatic carbocycles. The maximum Gasteiger partial charge on any atom is 0.233 e. The molecule has 1 amide bonds. The Bertz CT molecular complexity index is 1290. The predicted molar refractivity (Wildman–Crippen MR) is 127 cm³/mol. The van der Waals surface area contributed by atoms with Crippen LogP contribution in [0.3, 0.4) is 0 Å². The second kappa shape index (κ2) is 8.96. The Kier molecular flexibility index (Phi) is 5.86. The van der Waals surface area contributed by atoms with Gasteiger partial charge in [0.15, 0.2) is 0 Å². The van der Waals surface area contributed by atoms with Crippen LogP contribution in [0.25, 0.3) is 17.1 Å². The first-order valence-electron chi connectivity index (χ1n) is 10.4. The Hall–Kier alpha value is -3.23. The van der Waals surface area contributed by atoms with Crippen molar-refractivity contribution in [3.63, 3.8) is 0 Å². The minimum absolute atomic E-state index is 0.0637. The molecular formula is C24H20ClFN4O2S. The highest BCUT2D eigenvalue weighted by Crippen LogP contribution is 2.42. The van der Waals surface area contributed by atoms with Crippen molar-refractivity contribution < 1.29 is 14.3 Å². The zero-order chi connectivity index (χ0) is 22.9. The smallest absolute Gasteiger partial charge is 0.233 e. The van der Waals surface area contributed by atoms with E-state index in [2.05, 4.69) is 4.98 Å². The molecular weight excluding hydrogens is 463 g/mol. The first kappa shape index (κ1) is 21.6. The number of H-pyrrole nitrogens is 1. The highest BCUT2D eigenvalue weighted by molar-refractivity contribution is 8.00. The van der Waals surface area contributed by atoms with E-state index in [9.17, 15) is 14.3 Å². The lowest BCUT2D eigenvalue weighted by Gasteiger charge is -2.24. The van der Waals surface area contributed by atoms with E-state index in [4.69, 9.17) is 16.7 Å². The molecule has 33 heavy (non-hydrogen) atoms. The second-order valence-corrected chi connectivity index (χ2v) is 9.22. The van der Waals surface area contributed by atoms with Crippen LogP contribution in [-0.4, -0.2) is 43.0 Å². The largest absolute Gasteiger partial charge is 0.508 e. The Morgan fingerprint density at radius 1 is 1.12 bits per heavy atom. The van der Waals surface area contributed by atoms with E-state index >= 15 is 0 Å². The fraction of sp³-hybridized carbons (Fsp3) is 0.167. The summed E-state index contributed by atoms with van der Waals surface area (Å²) in [4.78, 5) is 17.7. The average Bonchev–Trinajstić information content (AvgIpc) is 3.52. The van der Waals surface area contributed by atoms with Crippen LogP contribution in [0.1, 0.15) is 16.5 Å². The second-order valence-electron chi connectivity index (χ2n) is 7.74. The van der Waals surface area contributed by atoms with Gasteiger partial charge in [-0.05, 0) is 60.5 Å². The van der Waals surface area contributed by atoms with Gasteiger partial charge in [0.25, 0.3) is 0 Å². The summed E-state index contributed by atoms with van der Waals surface area (Å²) in [5.74, 6) is 0.341. The van der Waals surface area contributed by atoms with Crippen LogP contribution in [0, 0.1) is 5.82 Å². The molecule has 1 saturated heterocycles. The highest BCUT2D eigenvalue weighted by atomic mass is 35.5. The number of hydrogen-bond donors (Lipinski definition) is 2. The van der Waals surface area contributed by atoms with Gasteiger partial charge in [-0.15, -0.1) is 11.8 Å². The van der Waals surface area contributed by atoms with Crippen LogP contribution in [0.15, 0.2) is 66.9 Å². The van der Waals surface area contributed by atoms with Gasteiger partial charge in [0.05, 0.1) is 17.1 Å². The van der Waals surface area contributed by atoms with Gasteiger partial charge in [-0.1, -0.05) is 23.7 Å². The quantitative estimate of drug-likeness (QED) is 0.397. The van der Waals surface area contributed by atoms with Crippen LogP contribution in [0.4, 0.5) is 4.39 Å². The number of halogens is 2. The number of carbonyl (C=O) groups excluding carboxylic acids is 1. The van der Waals surface area contributed by atoms with Crippen molar-refractivity contribution in [1.82, 2.24) is 19.7 Å². The standard InChI is InChI=1S/C24H20ClFN4O2S/c25-21-10-9-20(27-21)23-19(13-30(28-23)17-5-3-16(26)4-6-17)24-29(22(32)14-33-24)12-11-15-1-7-18(31)8-2-15/h1-10,13,24,27,31H,11-12,14H2. The fourth-order valence-electron chi connectivity index (χ4n) is 3.88. The van der Waals surface area contributed by atoms with Crippen LogP contribution >= 0.6 is 23.4 Å². The summed E-state index contributed by atoms with van der Waals surface area (Å²) in [5.41, 5.74) is 4.06. The SMILES string of the molecule is O=C1CSC(c2cn(-c3ccc(F)cc3)nc2-c2ccc(Cl)[nH]2)N1CCc1ccc(O)cc1. The topological polar surface area (TPSA) is 74.2 Å². The molecule has 3 heterocycles. The summed E-state index contributed by atoms with van der Waals surface area (Å²) in [6.45, 7) is 0.536. The van der Waals surface area contributed by atoms with Gasteiger partial charge >= 0.3 is 0 Å². The van der Waals surface area contributed by atoms with Gasteiger partial charge in [-0.2, -0.15) is 5.10 Å². The number of nitrogens with zero attached hydrogens (tertiary/aromatic N) is 3. The molecule has 1 fully saturated rings. The van der Waals surface area contributed by atoms with E-state index in [0.29, 0.717) is 35.3 Å². The van der Waals surface area contributed by atoms with Crippen molar-refractivity contribution in [2.75, 3.05) is 12.3 Å². The molecule has 0 aliphatic carbocycles. The summed E-state index contributed by atoms with van der Waals surface area (Å²) < 4.78 is 15.1. The van der Waals surface area contributed by atoms with E-state index in [0.717, 1.165) is 16.8 Å². The maximum atomic E-state index is 13.4. The molecule has 6 nitrogen and oxygen atoms in total. The Morgan fingerprint density at radius 3 is 2.58 bits per heavy atom. The van der Waals surface area contributed by atoms with Gasteiger partial charge in [-0.3, -0.25) is 4.79 Å². The molecule has 2 N–H and O–H groups in total. The predicted octanol–water partition coefficient (Wildman–Crippen LogP) is 5.18. The Labute approximate surface area is 199 Å². The van der Waals surface area contributed by atoms with Crippen LogP contribution < -0.4 is 0 Å². The molecule has 2 aromatic heterocycles. The summed E-state index contributed by atoms with van der Waals surface area (Å²) in [6, 6.07) is 16.7. The van der Waals surface area contributed by atoms with Crippen molar-refractivity contribution in [2.24, 2.45) is 0 Å². The minimum Gasteiger partial charge on any atom is -0.508 e. The van der Waals surface area contributed by atoms with E-state index in [-0.39, 0.29) is 22.8 Å². The third kappa shape index (κ3) is 4.49. The molecule has 1 aliphatic heterocycles. The average molecular weight is 483 g/mol. The molecule has 0 bridgehead atoms. The van der Waals surface area contributed by atoms with Crippen LogP contribution in [0.2, 0.25) is 5.15 Å².